The SMILES string of the molecule is Cl.O=C(O)C1CCn2c(cnc2C2CC2)C1. The van der Waals surface area contributed by atoms with Crippen molar-refractivity contribution in [3.05, 3.63) is 17.7 Å². The van der Waals surface area contributed by atoms with E-state index in [0.717, 1.165) is 18.7 Å². The predicted octanol–water partition coefficient (Wildman–Crippen LogP) is 1.83. The Bertz CT molecular complexity index is 412. The topological polar surface area (TPSA) is 55.1 Å². The zero-order chi connectivity index (χ0) is 10.4. The van der Waals surface area contributed by atoms with E-state index >= 15 is 0 Å². The number of carboxylic acids is 1. The number of carboxylic acid groups (broad SMARTS) is 1. The van der Waals surface area contributed by atoms with Gasteiger partial charge in [-0.3, -0.25) is 4.79 Å². The molecule has 3 rings (SSSR count). The maximum absolute atomic E-state index is 10.9. The molecule has 5 heteroatoms. The molecule has 0 bridgehead atoms. The molecule has 1 aliphatic heterocycles. The fourth-order valence-electron chi connectivity index (χ4n) is 2.37. The first-order chi connectivity index (χ1) is 7.25. The highest BCUT2D eigenvalue weighted by Gasteiger charge is 2.32. The number of imidazole rings is 1. The van der Waals surface area contributed by atoms with E-state index in [1.54, 1.807) is 0 Å². The molecule has 1 atom stereocenters. The van der Waals surface area contributed by atoms with Crippen LogP contribution < -0.4 is 0 Å². The average molecular weight is 243 g/mol. The van der Waals surface area contributed by atoms with Gasteiger partial charge in [0, 0.05) is 30.8 Å². The first-order valence-corrected chi connectivity index (χ1v) is 5.53. The van der Waals surface area contributed by atoms with Gasteiger partial charge in [0.25, 0.3) is 0 Å². The number of aliphatic carboxylic acids is 1. The summed E-state index contributed by atoms with van der Waals surface area (Å²) in [5, 5.41) is 8.96. The lowest BCUT2D eigenvalue weighted by molar-refractivity contribution is -0.142. The number of rotatable bonds is 2. The van der Waals surface area contributed by atoms with Gasteiger partial charge in [-0.05, 0) is 19.3 Å². The molecule has 2 heterocycles. The van der Waals surface area contributed by atoms with Crippen molar-refractivity contribution in [2.24, 2.45) is 5.92 Å². The van der Waals surface area contributed by atoms with Gasteiger partial charge >= 0.3 is 5.97 Å². The summed E-state index contributed by atoms with van der Waals surface area (Å²) in [7, 11) is 0. The van der Waals surface area contributed by atoms with Crippen LogP contribution in [0.25, 0.3) is 0 Å². The molecule has 0 spiro atoms. The van der Waals surface area contributed by atoms with Crippen molar-refractivity contribution < 1.29 is 9.90 Å². The summed E-state index contributed by atoms with van der Waals surface area (Å²) in [6.07, 6.45) is 5.76. The van der Waals surface area contributed by atoms with E-state index in [4.69, 9.17) is 5.11 Å². The smallest absolute Gasteiger partial charge is 0.306 e. The van der Waals surface area contributed by atoms with Crippen molar-refractivity contribution in [3.8, 4) is 0 Å². The zero-order valence-electron chi connectivity index (χ0n) is 8.93. The summed E-state index contributed by atoms with van der Waals surface area (Å²) in [6.45, 7) is 0.831. The molecular formula is C11H15ClN2O2. The molecule has 0 saturated heterocycles. The largest absolute Gasteiger partial charge is 0.481 e. The second-order valence-corrected chi connectivity index (χ2v) is 4.56. The van der Waals surface area contributed by atoms with Crippen LogP contribution in [0.15, 0.2) is 6.20 Å². The van der Waals surface area contributed by atoms with Crippen molar-refractivity contribution in [2.75, 3.05) is 0 Å². The average Bonchev–Trinajstić information content (AvgIpc) is 2.98. The minimum Gasteiger partial charge on any atom is -0.481 e. The van der Waals surface area contributed by atoms with Gasteiger partial charge in [-0.2, -0.15) is 0 Å². The van der Waals surface area contributed by atoms with Gasteiger partial charge in [-0.1, -0.05) is 0 Å². The summed E-state index contributed by atoms with van der Waals surface area (Å²) in [6, 6.07) is 0. The Morgan fingerprint density at radius 2 is 2.19 bits per heavy atom. The van der Waals surface area contributed by atoms with Crippen molar-refractivity contribution >= 4 is 18.4 Å². The van der Waals surface area contributed by atoms with Gasteiger partial charge in [0.05, 0.1) is 5.92 Å². The predicted molar refractivity (Wildman–Crippen MR) is 60.9 cm³/mol. The van der Waals surface area contributed by atoms with Crippen LogP contribution in [0.2, 0.25) is 0 Å². The third-order valence-electron chi connectivity index (χ3n) is 3.42. The second kappa shape index (κ2) is 4.09. The van der Waals surface area contributed by atoms with Gasteiger partial charge in [-0.15, -0.1) is 12.4 Å². The molecule has 0 amide bonds. The minimum atomic E-state index is -0.671. The zero-order valence-corrected chi connectivity index (χ0v) is 9.74. The molecule has 1 saturated carbocycles. The molecule has 4 nitrogen and oxygen atoms in total. The standard InChI is InChI=1S/C11H14N2O2.ClH/c14-11(15)8-3-4-13-9(5-8)6-12-10(13)7-1-2-7;/h6-8H,1-5H2,(H,14,15);1H. The summed E-state index contributed by atoms with van der Waals surface area (Å²) in [4.78, 5) is 15.3. The highest BCUT2D eigenvalue weighted by molar-refractivity contribution is 5.85. The maximum atomic E-state index is 10.9. The Balaban J connectivity index is 0.000000963. The molecule has 1 fully saturated rings. The number of aromatic nitrogens is 2. The fourth-order valence-corrected chi connectivity index (χ4v) is 2.37. The monoisotopic (exact) mass is 242 g/mol. The number of halogens is 1. The molecule has 1 N–H and O–H groups in total. The molecule has 0 aromatic carbocycles. The van der Waals surface area contributed by atoms with Crippen LogP contribution in [0, 0.1) is 5.92 Å². The molecule has 16 heavy (non-hydrogen) atoms. The lowest BCUT2D eigenvalue weighted by Gasteiger charge is -2.21. The molecule has 1 aromatic rings. The molecular weight excluding hydrogens is 228 g/mol. The first kappa shape index (κ1) is 11.5. The molecule has 2 aliphatic rings. The Labute approximate surface area is 100 Å². The fraction of sp³-hybridized carbons (Fsp3) is 0.636. The number of fused-ring (bicyclic) bond motifs is 1. The Morgan fingerprint density at radius 3 is 2.81 bits per heavy atom. The number of hydrogen-bond acceptors (Lipinski definition) is 2. The molecule has 1 aromatic heterocycles. The van der Waals surface area contributed by atoms with Crippen LogP contribution in [-0.2, 0) is 17.8 Å². The van der Waals surface area contributed by atoms with E-state index in [-0.39, 0.29) is 18.3 Å². The summed E-state index contributed by atoms with van der Waals surface area (Å²) >= 11 is 0. The van der Waals surface area contributed by atoms with E-state index in [0.29, 0.717) is 12.3 Å². The van der Waals surface area contributed by atoms with Gasteiger partial charge in [-0.25, -0.2) is 4.98 Å². The van der Waals surface area contributed by atoms with Gasteiger partial charge in [0.2, 0.25) is 0 Å². The van der Waals surface area contributed by atoms with E-state index in [9.17, 15) is 4.79 Å². The minimum absolute atomic E-state index is 0. The van der Waals surface area contributed by atoms with Crippen molar-refractivity contribution in [3.63, 3.8) is 0 Å². The third kappa shape index (κ3) is 1.82. The van der Waals surface area contributed by atoms with Crippen LogP contribution in [0.5, 0.6) is 0 Å². The van der Waals surface area contributed by atoms with E-state index in [2.05, 4.69) is 9.55 Å². The van der Waals surface area contributed by atoms with Crippen LogP contribution >= 0.6 is 12.4 Å². The van der Waals surface area contributed by atoms with Gasteiger partial charge < -0.3 is 9.67 Å². The lowest BCUT2D eigenvalue weighted by atomic mass is 9.96. The summed E-state index contributed by atoms with van der Waals surface area (Å²) in [5.74, 6) is 0.964. The number of hydrogen-bond donors (Lipinski definition) is 1. The summed E-state index contributed by atoms with van der Waals surface area (Å²) < 4.78 is 2.23. The van der Waals surface area contributed by atoms with Crippen LogP contribution in [-0.4, -0.2) is 20.6 Å². The van der Waals surface area contributed by atoms with Crippen molar-refractivity contribution in [1.29, 1.82) is 0 Å². The third-order valence-corrected chi connectivity index (χ3v) is 3.42. The quantitative estimate of drug-likeness (QED) is 0.861. The molecule has 0 radical (unpaired) electrons. The highest BCUT2D eigenvalue weighted by atomic mass is 35.5. The van der Waals surface area contributed by atoms with Gasteiger partial charge in [0.15, 0.2) is 0 Å². The molecule has 1 aliphatic carbocycles. The Morgan fingerprint density at radius 1 is 1.44 bits per heavy atom. The van der Waals surface area contributed by atoms with E-state index in [1.165, 1.54) is 18.7 Å². The van der Waals surface area contributed by atoms with Crippen molar-refractivity contribution in [1.82, 2.24) is 9.55 Å². The normalized spacial score (nSPS) is 23.4. The molecule has 88 valence electrons. The highest BCUT2D eigenvalue weighted by Crippen LogP contribution is 2.40. The van der Waals surface area contributed by atoms with E-state index in [1.807, 2.05) is 6.20 Å². The maximum Gasteiger partial charge on any atom is 0.306 e. The van der Waals surface area contributed by atoms with Crippen LogP contribution in [0.4, 0.5) is 0 Å². The first-order valence-electron chi connectivity index (χ1n) is 5.53. The second-order valence-electron chi connectivity index (χ2n) is 4.56. The van der Waals surface area contributed by atoms with Gasteiger partial charge in [0.1, 0.15) is 5.82 Å². The molecule has 1 unspecified atom stereocenters. The Hall–Kier alpha value is -1.03. The number of nitrogens with zero attached hydrogens (tertiary/aromatic N) is 2. The van der Waals surface area contributed by atoms with Crippen LogP contribution in [0.1, 0.15) is 36.7 Å². The Kier molecular flexibility index (Phi) is 2.93. The summed E-state index contributed by atoms with van der Waals surface area (Å²) in [5.41, 5.74) is 1.11. The lowest BCUT2D eigenvalue weighted by Crippen LogP contribution is -2.25. The van der Waals surface area contributed by atoms with Crippen LogP contribution in [0.3, 0.4) is 0 Å². The van der Waals surface area contributed by atoms with Crippen molar-refractivity contribution in [2.45, 2.75) is 38.1 Å². The number of carbonyl (C=O) groups is 1. The van der Waals surface area contributed by atoms with E-state index < -0.39 is 5.97 Å².